The monoisotopic (exact) mass is 453 g/mol. The molecule has 0 fully saturated rings. The van der Waals surface area contributed by atoms with E-state index < -0.39 is 20.0 Å². The number of nitrogens with zero attached hydrogens (tertiary/aromatic N) is 3. The summed E-state index contributed by atoms with van der Waals surface area (Å²) in [4.78, 5) is -0.358. The van der Waals surface area contributed by atoms with Crippen molar-refractivity contribution in [1.29, 1.82) is 0 Å². The SMILES string of the molecule is Cn1/c(=N/N(S(=O)(=O)c2ccccc2)S(=O)(=O)c2ccccc2)ccc2ccccc21. The molecule has 0 aliphatic carbocycles. The molecule has 7 nitrogen and oxygen atoms in total. The minimum Gasteiger partial charge on any atom is -0.327 e. The van der Waals surface area contributed by atoms with Crippen molar-refractivity contribution < 1.29 is 16.8 Å². The second-order valence-electron chi connectivity index (χ2n) is 6.72. The number of para-hydroxylation sites is 1. The summed E-state index contributed by atoms with van der Waals surface area (Å²) >= 11 is 0. The van der Waals surface area contributed by atoms with Crippen molar-refractivity contribution >= 4 is 30.9 Å². The Kier molecular flexibility index (Phi) is 5.38. The van der Waals surface area contributed by atoms with E-state index in [2.05, 4.69) is 5.10 Å². The molecule has 0 unspecified atom stereocenters. The molecule has 0 radical (unpaired) electrons. The van der Waals surface area contributed by atoms with Crippen LogP contribution in [0.25, 0.3) is 10.9 Å². The van der Waals surface area contributed by atoms with Gasteiger partial charge in [-0.05, 0) is 47.9 Å². The third-order valence-electron chi connectivity index (χ3n) is 4.73. The minimum atomic E-state index is -4.51. The second kappa shape index (κ2) is 8.01. The fourth-order valence-electron chi connectivity index (χ4n) is 3.12. The molecular formula is C22H19N3O4S2. The summed E-state index contributed by atoms with van der Waals surface area (Å²) in [7, 11) is -7.32. The fourth-order valence-corrected chi connectivity index (χ4v) is 6.41. The lowest BCUT2D eigenvalue weighted by atomic mass is 10.2. The Bertz CT molecular complexity index is 1440. The van der Waals surface area contributed by atoms with Crippen LogP contribution in [0.15, 0.2) is 112 Å². The smallest absolute Gasteiger partial charge is 0.293 e. The van der Waals surface area contributed by atoms with Crippen molar-refractivity contribution in [3.8, 4) is 0 Å². The Labute approximate surface area is 180 Å². The van der Waals surface area contributed by atoms with E-state index in [0.717, 1.165) is 10.9 Å². The van der Waals surface area contributed by atoms with Crippen LogP contribution in [0, 0.1) is 0 Å². The molecule has 0 N–H and O–H groups in total. The molecule has 1 heterocycles. The molecular weight excluding hydrogens is 434 g/mol. The molecule has 4 aromatic rings. The van der Waals surface area contributed by atoms with Gasteiger partial charge in [0.15, 0.2) is 5.49 Å². The Balaban J connectivity index is 2.01. The number of aromatic nitrogens is 1. The van der Waals surface area contributed by atoms with Gasteiger partial charge >= 0.3 is 0 Å². The van der Waals surface area contributed by atoms with Gasteiger partial charge in [-0.3, -0.25) is 0 Å². The van der Waals surface area contributed by atoms with Crippen LogP contribution in [0.3, 0.4) is 0 Å². The van der Waals surface area contributed by atoms with Crippen LogP contribution >= 0.6 is 0 Å². The standard InChI is InChI=1S/C22H19N3O4S2/c1-24-21-15-9-8-10-18(21)16-17-22(24)23-25(30(26,27)19-11-4-2-5-12-19)31(28,29)20-13-6-3-7-14-20/h2-17H,1H3/b23-22+. The number of fused-ring (bicyclic) bond motifs is 1. The van der Waals surface area contributed by atoms with Gasteiger partial charge in [0.05, 0.1) is 9.79 Å². The van der Waals surface area contributed by atoms with Crippen molar-refractivity contribution in [2.75, 3.05) is 0 Å². The lowest BCUT2D eigenvalue weighted by Crippen LogP contribution is -2.36. The molecule has 0 saturated heterocycles. The topological polar surface area (TPSA) is 88.8 Å². The maximum absolute atomic E-state index is 13.4. The molecule has 0 bridgehead atoms. The third-order valence-corrected chi connectivity index (χ3v) is 8.63. The Morgan fingerprint density at radius 3 is 1.68 bits per heavy atom. The van der Waals surface area contributed by atoms with Gasteiger partial charge in [-0.1, -0.05) is 58.4 Å². The second-order valence-corrected chi connectivity index (χ2v) is 10.5. The zero-order chi connectivity index (χ0) is 22.1. The molecule has 0 aliphatic rings. The summed E-state index contributed by atoms with van der Waals surface area (Å²) in [6.45, 7) is 0. The van der Waals surface area contributed by atoms with Gasteiger partial charge in [0.25, 0.3) is 20.0 Å². The molecule has 31 heavy (non-hydrogen) atoms. The van der Waals surface area contributed by atoms with Crippen LogP contribution in [-0.4, -0.2) is 25.2 Å². The van der Waals surface area contributed by atoms with Crippen LogP contribution in [0.1, 0.15) is 0 Å². The van der Waals surface area contributed by atoms with E-state index in [-0.39, 0.29) is 19.1 Å². The maximum atomic E-state index is 13.4. The van der Waals surface area contributed by atoms with Crippen molar-refractivity contribution in [2.45, 2.75) is 9.79 Å². The van der Waals surface area contributed by atoms with E-state index in [1.165, 1.54) is 48.5 Å². The number of pyridine rings is 1. The third kappa shape index (κ3) is 3.85. The molecule has 1 aromatic heterocycles. The average molecular weight is 454 g/mol. The fraction of sp³-hybridized carbons (Fsp3) is 0.0455. The highest BCUT2D eigenvalue weighted by molar-refractivity contribution is 8.04. The van der Waals surface area contributed by atoms with E-state index in [4.69, 9.17) is 0 Å². The van der Waals surface area contributed by atoms with Gasteiger partial charge in [0.1, 0.15) is 0 Å². The van der Waals surface area contributed by atoms with Gasteiger partial charge in [0, 0.05) is 12.6 Å². The van der Waals surface area contributed by atoms with Crippen molar-refractivity contribution in [3.05, 3.63) is 103 Å². The van der Waals surface area contributed by atoms with Gasteiger partial charge in [-0.15, -0.1) is 5.10 Å². The number of rotatable bonds is 5. The first-order valence-corrected chi connectivity index (χ1v) is 12.2. The van der Waals surface area contributed by atoms with Gasteiger partial charge in [-0.2, -0.15) is 16.8 Å². The molecule has 0 atom stereocenters. The van der Waals surface area contributed by atoms with Gasteiger partial charge in [0.2, 0.25) is 0 Å². The highest BCUT2D eigenvalue weighted by Crippen LogP contribution is 2.24. The summed E-state index contributed by atoms with van der Waals surface area (Å²) in [6, 6.07) is 25.5. The summed E-state index contributed by atoms with van der Waals surface area (Å²) in [6.07, 6.45) is 0. The van der Waals surface area contributed by atoms with E-state index >= 15 is 0 Å². The number of hydrogen-bond acceptors (Lipinski definition) is 5. The minimum absolute atomic E-state index is 0.165. The highest BCUT2D eigenvalue weighted by Gasteiger charge is 2.35. The first kappa shape index (κ1) is 20.8. The van der Waals surface area contributed by atoms with Crippen molar-refractivity contribution in [2.24, 2.45) is 12.1 Å². The Morgan fingerprint density at radius 2 is 1.13 bits per heavy atom. The highest BCUT2D eigenvalue weighted by atomic mass is 32.3. The van der Waals surface area contributed by atoms with Crippen LogP contribution < -0.4 is 5.49 Å². The Morgan fingerprint density at radius 1 is 0.645 bits per heavy atom. The molecule has 0 amide bonds. The Hall–Kier alpha value is -3.43. The summed E-state index contributed by atoms with van der Waals surface area (Å²) in [5.41, 5.74) is 0.940. The van der Waals surface area contributed by atoms with Gasteiger partial charge in [-0.25, -0.2) is 0 Å². The van der Waals surface area contributed by atoms with Gasteiger partial charge < -0.3 is 4.57 Å². The normalized spacial score (nSPS) is 12.7. The van der Waals surface area contributed by atoms with Crippen LogP contribution in [0.5, 0.6) is 0 Å². The van der Waals surface area contributed by atoms with E-state index in [9.17, 15) is 16.8 Å². The van der Waals surface area contributed by atoms with Crippen LogP contribution in [0.2, 0.25) is 0 Å². The predicted octanol–water partition coefficient (Wildman–Crippen LogP) is 3.07. The average Bonchev–Trinajstić information content (AvgIpc) is 2.79. The van der Waals surface area contributed by atoms with E-state index in [1.807, 2.05) is 24.3 Å². The van der Waals surface area contributed by atoms with Crippen LogP contribution in [0.4, 0.5) is 0 Å². The summed E-state index contributed by atoms with van der Waals surface area (Å²) in [5, 5.41) is 5.03. The summed E-state index contributed by atoms with van der Waals surface area (Å²) in [5.74, 6) is 0. The zero-order valence-electron chi connectivity index (χ0n) is 16.5. The first-order valence-electron chi connectivity index (χ1n) is 9.32. The summed E-state index contributed by atoms with van der Waals surface area (Å²) < 4.78 is 55.3. The van der Waals surface area contributed by atoms with E-state index in [0.29, 0.717) is 0 Å². The van der Waals surface area contributed by atoms with Crippen molar-refractivity contribution in [1.82, 2.24) is 8.39 Å². The molecule has 0 aliphatic heterocycles. The molecule has 9 heteroatoms. The van der Waals surface area contributed by atoms with Crippen LogP contribution in [-0.2, 0) is 27.1 Å². The predicted molar refractivity (Wildman–Crippen MR) is 118 cm³/mol. The first-order chi connectivity index (χ1) is 14.8. The van der Waals surface area contributed by atoms with E-state index in [1.54, 1.807) is 35.9 Å². The lowest BCUT2D eigenvalue weighted by Gasteiger charge is -2.19. The largest absolute Gasteiger partial charge is 0.327 e. The molecule has 0 saturated carbocycles. The number of aryl methyl sites for hydroxylation is 1. The lowest BCUT2D eigenvalue weighted by molar-refractivity contribution is 0.498. The maximum Gasteiger partial charge on any atom is 0.293 e. The number of hydrogen-bond donors (Lipinski definition) is 0. The van der Waals surface area contributed by atoms with Crippen molar-refractivity contribution in [3.63, 3.8) is 0 Å². The molecule has 158 valence electrons. The quantitative estimate of drug-likeness (QED) is 0.435. The molecule has 0 spiro atoms. The molecule has 4 rings (SSSR count). The number of sulfonamides is 2. The molecule has 3 aromatic carbocycles. The number of benzene rings is 3. The zero-order valence-corrected chi connectivity index (χ0v) is 18.2.